The van der Waals surface area contributed by atoms with Crippen molar-refractivity contribution in [1.82, 2.24) is 5.32 Å². The van der Waals surface area contributed by atoms with E-state index < -0.39 is 11.7 Å². The van der Waals surface area contributed by atoms with Crippen molar-refractivity contribution in [3.8, 4) is 11.1 Å². The molecule has 0 saturated heterocycles. The van der Waals surface area contributed by atoms with Crippen molar-refractivity contribution in [2.45, 2.75) is 26.1 Å². The molecule has 0 saturated carbocycles. The molecule has 5 aromatic carbocycles. The Morgan fingerprint density at radius 3 is 2.17 bits per heavy atom. The van der Waals surface area contributed by atoms with Crippen LogP contribution in [0.3, 0.4) is 0 Å². The quantitative estimate of drug-likeness (QED) is 0.175. The van der Waals surface area contributed by atoms with E-state index in [9.17, 15) is 18.0 Å². The van der Waals surface area contributed by atoms with Gasteiger partial charge in [0.1, 0.15) is 0 Å². The number of nitrogens with one attached hydrogen (secondary N) is 1. The highest BCUT2D eigenvalue weighted by molar-refractivity contribution is 9.10. The lowest BCUT2D eigenvalue weighted by atomic mass is 9.89. The van der Waals surface area contributed by atoms with Crippen LogP contribution in [0.1, 0.15) is 29.8 Å². The molecule has 182 valence electrons. The highest BCUT2D eigenvalue weighted by Crippen LogP contribution is 2.41. The molecule has 0 aromatic heterocycles. The second-order valence-corrected chi connectivity index (χ2v) is 9.95. The van der Waals surface area contributed by atoms with E-state index in [-0.39, 0.29) is 11.9 Å². The topological polar surface area (TPSA) is 55.1 Å². The maximum absolute atomic E-state index is 13.2. The smallest absolute Gasteiger partial charge is 0.398 e. The molecule has 3 nitrogen and oxygen atoms in total. The maximum Gasteiger partial charge on any atom is 0.416 e. The van der Waals surface area contributed by atoms with Gasteiger partial charge in [-0.25, -0.2) is 0 Å². The molecule has 0 aliphatic carbocycles. The molecule has 5 aromatic rings. The molecule has 0 radical (unpaired) electrons. The molecule has 3 N–H and O–H groups in total. The van der Waals surface area contributed by atoms with Crippen molar-refractivity contribution in [1.29, 1.82) is 0 Å². The van der Waals surface area contributed by atoms with Crippen LogP contribution in [0.5, 0.6) is 0 Å². The van der Waals surface area contributed by atoms with Gasteiger partial charge < -0.3 is 11.1 Å². The summed E-state index contributed by atoms with van der Waals surface area (Å²) in [6, 6.07) is 20.4. The fraction of sp³-hybridized carbons (Fsp3) is 0.138. The minimum Gasteiger partial charge on any atom is -0.398 e. The number of nitrogen functional groups attached to an aromatic ring is 1. The van der Waals surface area contributed by atoms with E-state index >= 15 is 0 Å². The summed E-state index contributed by atoms with van der Waals surface area (Å²) in [7, 11) is 0. The first-order valence-corrected chi connectivity index (χ1v) is 12.2. The van der Waals surface area contributed by atoms with E-state index in [1.807, 2.05) is 56.3 Å². The van der Waals surface area contributed by atoms with Gasteiger partial charge in [0, 0.05) is 21.8 Å². The summed E-state index contributed by atoms with van der Waals surface area (Å²) in [6.07, 6.45) is -4.42. The van der Waals surface area contributed by atoms with Gasteiger partial charge in [0.25, 0.3) is 5.91 Å². The molecular formula is C29H22BrF3N2O. The van der Waals surface area contributed by atoms with Gasteiger partial charge in [-0.2, -0.15) is 13.2 Å². The highest BCUT2D eigenvalue weighted by atomic mass is 79.9. The number of amides is 1. The molecular weight excluding hydrogens is 529 g/mol. The van der Waals surface area contributed by atoms with E-state index in [0.29, 0.717) is 16.8 Å². The number of hydrogen-bond donors (Lipinski definition) is 2. The zero-order valence-electron chi connectivity index (χ0n) is 19.5. The fourth-order valence-electron chi connectivity index (χ4n) is 4.55. The van der Waals surface area contributed by atoms with Gasteiger partial charge in [0.15, 0.2) is 0 Å². The lowest BCUT2D eigenvalue weighted by Crippen LogP contribution is -2.29. The van der Waals surface area contributed by atoms with Crippen LogP contribution in [0, 0.1) is 0 Å². The Hall–Kier alpha value is -3.58. The minimum atomic E-state index is -4.42. The largest absolute Gasteiger partial charge is 0.416 e. The Labute approximate surface area is 214 Å². The average Bonchev–Trinajstić information content (AvgIpc) is 2.83. The van der Waals surface area contributed by atoms with Crippen molar-refractivity contribution in [2.24, 2.45) is 0 Å². The summed E-state index contributed by atoms with van der Waals surface area (Å²) in [5, 5.41) is 8.21. The molecule has 0 heterocycles. The predicted molar refractivity (Wildman–Crippen MR) is 144 cm³/mol. The number of nitrogens with two attached hydrogens (primary N) is 1. The third-order valence-corrected chi connectivity index (χ3v) is 7.12. The molecule has 0 aliphatic rings. The van der Waals surface area contributed by atoms with Gasteiger partial charge >= 0.3 is 6.18 Å². The molecule has 0 spiro atoms. The van der Waals surface area contributed by atoms with Crippen molar-refractivity contribution in [3.63, 3.8) is 0 Å². The first-order valence-electron chi connectivity index (χ1n) is 11.4. The minimum absolute atomic E-state index is 0.00949. The molecule has 1 amide bonds. The number of carbonyl (C=O) groups excluding carboxylic acids is 1. The van der Waals surface area contributed by atoms with Crippen LogP contribution in [0.2, 0.25) is 0 Å². The predicted octanol–water partition coefficient (Wildman–Crippen LogP) is 8.31. The van der Waals surface area contributed by atoms with E-state index in [2.05, 4.69) is 21.2 Å². The monoisotopic (exact) mass is 550 g/mol. The van der Waals surface area contributed by atoms with Gasteiger partial charge in [0.2, 0.25) is 0 Å². The van der Waals surface area contributed by atoms with E-state index in [4.69, 9.17) is 5.73 Å². The molecule has 5 rings (SSSR count). The van der Waals surface area contributed by atoms with Crippen LogP contribution >= 0.6 is 15.9 Å². The van der Waals surface area contributed by atoms with Crippen molar-refractivity contribution < 1.29 is 18.0 Å². The van der Waals surface area contributed by atoms with E-state index in [1.165, 1.54) is 12.1 Å². The van der Waals surface area contributed by atoms with Crippen LogP contribution < -0.4 is 11.1 Å². The lowest BCUT2D eigenvalue weighted by Gasteiger charge is -2.16. The first-order chi connectivity index (χ1) is 17.0. The van der Waals surface area contributed by atoms with E-state index in [1.54, 1.807) is 6.07 Å². The SMILES string of the molecule is CC(C)NC(=O)c1ccc2c(-c3ccc(C(F)(F)F)cc3)c3cc4c(Br)c(N)ccc4cc3cc2c1. The normalized spacial score (nSPS) is 12.1. The van der Waals surface area contributed by atoms with Gasteiger partial charge in [-0.05, 0) is 122 Å². The maximum atomic E-state index is 13.2. The number of benzene rings is 5. The van der Waals surface area contributed by atoms with Crippen LogP contribution in [0.15, 0.2) is 77.3 Å². The van der Waals surface area contributed by atoms with E-state index in [0.717, 1.165) is 54.5 Å². The Morgan fingerprint density at radius 2 is 1.50 bits per heavy atom. The molecule has 0 aliphatic heterocycles. The second kappa shape index (κ2) is 8.82. The number of carbonyl (C=O) groups is 1. The Bertz CT molecular complexity index is 1660. The van der Waals surface area contributed by atoms with Crippen molar-refractivity contribution in [3.05, 3.63) is 88.4 Å². The summed E-state index contributed by atoms with van der Waals surface area (Å²) < 4.78 is 40.5. The van der Waals surface area contributed by atoms with Gasteiger partial charge in [0.05, 0.1) is 5.56 Å². The highest BCUT2D eigenvalue weighted by Gasteiger charge is 2.30. The molecule has 0 fully saturated rings. The number of fused-ring (bicyclic) bond motifs is 3. The number of anilines is 1. The third kappa shape index (κ3) is 4.28. The second-order valence-electron chi connectivity index (χ2n) is 9.15. The van der Waals surface area contributed by atoms with Crippen LogP contribution in [0.4, 0.5) is 18.9 Å². The zero-order valence-corrected chi connectivity index (χ0v) is 21.1. The van der Waals surface area contributed by atoms with Gasteiger partial charge in [-0.1, -0.05) is 24.3 Å². The summed E-state index contributed by atoms with van der Waals surface area (Å²) >= 11 is 3.58. The summed E-state index contributed by atoms with van der Waals surface area (Å²) in [4.78, 5) is 12.7. The van der Waals surface area contributed by atoms with Crippen LogP contribution in [0.25, 0.3) is 43.4 Å². The number of hydrogen-bond acceptors (Lipinski definition) is 2. The third-order valence-electron chi connectivity index (χ3n) is 6.24. The molecule has 0 bridgehead atoms. The molecule has 0 atom stereocenters. The lowest BCUT2D eigenvalue weighted by molar-refractivity contribution is -0.137. The van der Waals surface area contributed by atoms with Crippen LogP contribution in [-0.4, -0.2) is 11.9 Å². The molecule has 0 unspecified atom stereocenters. The fourth-order valence-corrected chi connectivity index (χ4v) is 5.03. The Kier molecular flexibility index (Phi) is 5.91. The van der Waals surface area contributed by atoms with Gasteiger partial charge in [-0.15, -0.1) is 0 Å². The number of halogens is 4. The summed E-state index contributed by atoms with van der Waals surface area (Å²) in [6.45, 7) is 3.79. The summed E-state index contributed by atoms with van der Waals surface area (Å²) in [5.74, 6) is -0.180. The zero-order chi connectivity index (χ0) is 25.8. The summed E-state index contributed by atoms with van der Waals surface area (Å²) in [5.41, 5.74) is 7.97. The first kappa shape index (κ1) is 24.1. The Balaban J connectivity index is 1.83. The average molecular weight is 551 g/mol. The Morgan fingerprint density at radius 1 is 0.833 bits per heavy atom. The van der Waals surface area contributed by atoms with Crippen LogP contribution in [-0.2, 0) is 6.18 Å². The number of rotatable bonds is 3. The standard InChI is InChI=1S/C29H22BrF3N2O/c1-15(2)35-28(36)18-5-9-22-19(12-18)13-20-11-17-6-10-25(34)27(30)24(17)14-23(20)26(22)16-3-7-21(8-4-16)29(31,32)33/h3-15H,34H2,1-2H3,(H,35,36). The van der Waals surface area contributed by atoms with Crippen molar-refractivity contribution in [2.75, 3.05) is 5.73 Å². The molecule has 36 heavy (non-hydrogen) atoms. The molecule has 7 heteroatoms. The van der Waals surface area contributed by atoms with Gasteiger partial charge in [-0.3, -0.25) is 4.79 Å². The van der Waals surface area contributed by atoms with Crippen molar-refractivity contribution >= 4 is 59.8 Å². The number of alkyl halides is 3.